The maximum Gasteiger partial charge on any atom is 0.129 e. The van der Waals surface area contributed by atoms with Crippen LogP contribution in [0.25, 0.3) is 10.9 Å². The van der Waals surface area contributed by atoms with Crippen molar-refractivity contribution in [1.82, 2.24) is 4.98 Å². The first kappa shape index (κ1) is 10.5. The molecule has 2 rings (SSSR count). The second-order valence-electron chi connectivity index (χ2n) is 3.34. The van der Waals surface area contributed by atoms with Crippen LogP contribution in [-0.2, 0) is 6.42 Å². The summed E-state index contributed by atoms with van der Waals surface area (Å²) in [5.41, 5.74) is 7.75. The molecule has 1 aromatic carbocycles. The highest BCUT2D eigenvalue weighted by Gasteiger charge is 2.11. The Kier molecular flexibility index (Phi) is 2.98. The van der Waals surface area contributed by atoms with Crippen molar-refractivity contribution in [2.75, 3.05) is 13.7 Å². The standard InChI is InChI=1S/C11H13BrN2O/c1-15-9-4-2-3-7-10(9)11(12)8(14-7)5-6-13/h2-4,14H,5-6,13H2,1H3. The number of methoxy groups -OCH3 is 1. The highest BCUT2D eigenvalue weighted by atomic mass is 79.9. The zero-order chi connectivity index (χ0) is 10.8. The van der Waals surface area contributed by atoms with Crippen molar-refractivity contribution >= 4 is 26.8 Å². The van der Waals surface area contributed by atoms with Gasteiger partial charge in [0.1, 0.15) is 5.75 Å². The molecule has 1 heterocycles. The molecular weight excluding hydrogens is 256 g/mol. The van der Waals surface area contributed by atoms with Gasteiger partial charge < -0.3 is 15.5 Å². The van der Waals surface area contributed by atoms with Crippen LogP contribution in [0.4, 0.5) is 0 Å². The highest BCUT2D eigenvalue weighted by molar-refractivity contribution is 9.10. The lowest BCUT2D eigenvalue weighted by atomic mass is 10.2. The number of ether oxygens (including phenoxy) is 1. The third-order valence-corrected chi connectivity index (χ3v) is 3.29. The number of benzene rings is 1. The van der Waals surface area contributed by atoms with E-state index in [9.17, 15) is 0 Å². The second kappa shape index (κ2) is 4.24. The first-order chi connectivity index (χ1) is 7.27. The van der Waals surface area contributed by atoms with E-state index in [1.807, 2.05) is 18.2 Å². The molecule has 0 amide bonds. The van der Waals surface area contributed by atoms with Crippen LogP contribution >= 0.6 is 15.9 Å². The van der Waals surface area contributed by atoms with Crippen LogP contribution < -0.4 is 10.5 Å². The fraction of sp³-hybridized carbons (Fsp3) is 0.273. The van der Waals surface area contributed by atoms with Crippen LogP contribution in [0.5, 0.6) is 5.75 Å². The maximum absolute atomic E-state index is 5.55. The molecule has 80 valence electrons. The van der Waals surface area contributed by atoms with E-state index in [1.165, 1.54) is 0 Å². The van der Waals surface area contributed by atoms with Crippen LogP contribution in [0.15, 0.2) is 22.7 Å². The second-order valence-corrected chi connectivity index (χ2v) is 4.13. The van der Waals surface area contributed by atoms with Crippen molar-refractivity contribution in [2.45, 2.75) is 6.42 Å². The summed E-state index contributed by atoms with van der Waals surface area (Å²) < 4.78 is 6.37. The molecule has 3 N–H and O–H groups in total. The van der Waals surface area contributed by atoms with Crippen LogP contribution in [0.2, 0.25) is 0 Å². The molecule has 1 aromatic heterocycles. The molecule has 3 nitrogen and oxygen atoms in total. The van der Waals surface area contributed by atoms with Crippen molar-refractivity contribution in [1.29, 1.82) is 0 Å². The number of halogens is 1. The Labute approximate surface area is 96.7 Å². The summed E-state index contributed by atoms with van der Waals surface area (Å²) in [6, 6.07) is 5.95. The van der Waals surface area contributed by atoms with E-state index in [0.29, 0.717) is 6.54 Å². The van der Waals surface area contributed by atoms with Gasteiger partial charge in [0.2, 0.25) is 0 Å². The SMILES string of the molecule is COc1cccc2[nH]c(CCN)c(Br)c12. The summed E-state index contributed by atoms with van der Waals surface area (Å²) in [5.74, 6) is 0.874. The fourth-order valence-corrected chi connectivity index (χ4v) is 2.42. The number of aromatic nitrogens is 1. The van der Waals surface area contributed by atoms with E-state index in [-0.39, 0.29) is 0 Å². The van der Waals surface area contributed by atoms with E-state index in [1.54, 1.807) is 7.11 Å². The van der Waals surface area contributed by atoms with Crippen LogP contribution in [0.3, 0.4) is 0 Å². The highest BCUT2D eigenvalue weighted by Crippen LogP contribution is 2.34. The molecule has 0 saturated carbocycles. The minimum Gasteiger partial charge on any atom is -0.496 e. The average Bonchev–Trinajstić information content (AvgIpc) is 2.57. The number of nitrogens with two attached hydrogens (primary N) is 1. The smallest absolute Gasteiger partial charge is 0.129 e. The number of nitrogens with one attached hydrogen (secondary N) is 1. The van der Waals surface area contributed by atoms with E-state index in [4.69, 9.17) is 10.5 Å². The summed E-state index contributed by atoms with van der Waals surface area (Å²) >= 11 is 3.58. The first-order valence-corrected chi connectivity index (χ1v) is 5.60. The lowest BCUT2D eigenvalue weighted by molar-refractivity contribution is 0.419. The third-order valence-electron chi connectivity index (χ3n) is 2.41. The molecule has 0 radical (unpaired) electrons. The van der Waals surface area contributed by atoms with Gasteiger partial charge in [-0.05, 0) is 34.6 Å². The van der Waals surface area contributed by atoms with Crippen molar-refractivity contribution < 1.29 is 4.74 Å². The minimum absolute atomic E-state index is 0.633. The molecule has 0 aliphatic rings. The molecule has 0 bridgehead atoms. The molecule has 0 aliphatic heterocycles. The summed E-state index contributed by atoms with van der Waals surface area (Å²) in [5, 5.41) is 1.09. The van der Waals surface area contributed by atoms with E-state index in [2.05, 4.69) is 20.9 Å². The first-order valence-electron chi connectivity index (χ1n) is 4.81. The van der Waals surface area contributed by atoms with E-state index < -0.39 is 0 Å². The van der Waals surface area contributed by atoms with Gasteiger partial charge in [-0.1, -0.05) is 6.07 Å². The van der Waals surface area contributed by atoms with Gasteiger partial charge in [-0.2, -0.15) is 0 Å². The van der Waals surface area contributed by atoms with Gasteiger partial charge in [0, 0.05) is 16.6 Å². The van der Waals surface area contributed by atoms with Gasteiger partial charge in [-0.25, -0.2) is 0 Å². The Morgan fingerprint density at radius 2 is 2.27 bits per heavy atom. The van der Waals surface area contributed by atoms with Gasteiger partial charge >= 0.3 is 0 Å². The van der Waals surface area contributed by atoms with Crippen molar-refractivity contribution in [2.24, 2.45) is 5.73 Å². The predicted molar refractivity (Wildman–Crippen MR) is 65.3 cm³/mol. The molecule has 0 unspecified atom stereocenters. The van der Waals surface area contributed by atoms with Gasteiger partial charge in [-0.15, -0.1) is 0 Å². The Morgan fingerprint density at radius 1 is 1.47 bits per heavy atom. The summed E-state index contributed by atoms with van der Waals surface area (Å²) in [7, 11) is 1.68. The third kappa shape index (κ3) is 1.75. The van der Waals surface area contributed by atoms with Crippen molar-refractivity contribution in [3.05, 3.63) is 28.4 Å². The van der Waals surface area contributed by atoms with Gasteiger partial charge in [0.05, 0.1) is 18.0 Å². The zero-order valence-corrected chi connectivity index (χ0v) is 10.1. The number of H-pyrrole nitrogens is 1. The molecule has 4 heteroatoms. The molecule has 0 saturated heterocycles. The topological polar surface area (TPSA) is 51.0 Å². The van der Waals surface area contributed by atoms with Crippen LogP contribution in [-0.4, -0.2) is 18.6 Å². The molecule has 2 aromatic rings. The summed E-state index contributed by atoms with van der Waals surface area (Å²) in [4.78, 5) is 3.33. The van der Waals surface area contributed by atoms with Crippen LogP contribution in [0, 0.1) is 0 Å². The number of fused-ring (bicyclic) bond motifs is 1. The molecular formula is C11H13BrN2O. The molecule has 0 atom stereocenters. The minimum atomic E-state index is 0.633. The Balaban J connectivity index is 2.65. The number of aromatic amines is 1. The fourth-order valence-electron chi connectivity index (χ4n) is 1.72. The predicted octanol–water partition coefficient (Wildman–Crippen LogP) is 2.44. The molecule has 0 fully saturated rings. The quantitative estimate of drug-likeness (QED) is 0.899. The van der Waals surface area contributed by atoms with Crippen molar-refractivity contribution in [3.8, 4) is 5.75 Å². The molecule has 0 spiro atoms. The van der Waals surface area contributed by atoms with Crippen LogP contribution in [0.1, 0.15) is 5.69 Å². The monoisotopic (exact) mass is 268 g/mol. The number of hydrogen-bond acceptors (Lipinski definition) is 2. The molecule has 15 heavy (non-hydrogen) atoms. The largest absolute Gasteiger partial charge is 0.496 e. The number of rotatable bonds is 3. The van der Waals surface area contributed by atoms with Gasteiger partial charge in [0.25, 0.3) is 0 Å². The van der Waals surface area contributed by atoms with Crippen molar-refractivity contribution in [3.63, 3.8) is 0 Å². The normalized spacial score (nSPS) is 10.9. The lowest BCUT2D eigenvalue weighted by Crippen LogP contribution is -2.03. The van der Waals surface area contributed by atoms with Gasteiger partial charge in [-0.3, -0.25) is 0 Å². The summed E-state index contributed by atoms with van der Waals surface area (Å²) in [6.07, 6.45) is 0.832. The van der Waals surface area contributed by atoms with Gasteiger partial charge in [0.15, 0.2) is 0 Å². The Bertz CT molecular complexity index is 479. The Morgan fingerprint density at radius 3 is 2.93 bits per heavy atom. The summed E-state index contributed by atoms with van der Waals surface area (Å²) in [6.45, 7) is 0.633. The lowest BCUT2D eigenvalue weighted by Gasteiger charge is -2.01. The van der Waals surface area contributed by atoms with E-state index in [0.717, 1.165) is 33.2 Å². The maximum atomic E-state index is 5.55. The number of hydrogen-bond donors (Lipinski definition) is 2. The molecule has 0 aliphatic carbocycles. The Hall–Kier alpha value is -1.00. The zero-order valence-electron chi connectivity index (χ0n) is 8.51. The van der Waals surface area contributed by atoms with E-state index >= 15 is 0 Å². The average molecular weight is 269 g/mol.